The fraction of sp³-hybridized carbons (Fsp3) is 0.786. The van der Waals surface area contributed by atoms with Crippen molar-refractivity contribution in [1.82, 2.24) is 25.4 Å². The molecular weight excluding hydrogens is 534 g/mol. The Morgan fingerprint density at radius 1 is 1.23 bits per heavy atom. The Hall–Kier alpha value is -2.12. The largest absolute Gasteiger partial charge is 0.381 e. The van der Waals surface area contributed by atoms with Crippen molar-refractivity contribution in [2.45, 2.75) is 50.9 Å². The molecule has 5 aliphatic heterocycles. The van der Waals surface area contributed by atoms with Crippen LogP contribution in [0.2, 0.25) is 0 Å². The Kier molecular flexibility index (Phi) is 7.90. The molecule has 1 saturated carbocycles. The molecule has 5 saturated heterocycles. The molecule has 12 heteroatoms. The molecule has 1 aromatic rings. The molecule has 2 N–H and O–H groups in total. The zero-order valence-corrected chi connectivity index (χ0v) is 24.2. The Bertz CT molecular complexity index is 1070. The predicted molar refractivity (Wildman–Crippen MR) is 147 cm³/mol. The zero-order chi connectivity index (χ0) is 27.9. The Labute approximate surface area is 239 Å². The highest BCUT2D eigenvalue weighted by Gasteiger charge is 2.58. The van der Waals surface area contributed by atoms with E-state index in [9.17, 15) is 14.4 Å². The summed E-state index contributed by atoms with van der Waals surface area (Å²) in [6.07, 6.45) is 5.69. The van der Waals surface area contributed by atoms with Crippen molar-refractivity contribution in [3.63, 3.8) is 0 Å². The van der Waals surface area contributed by atoms with Crippen molar-refractivity contribution in [2.75, 3.05) is 66.2 Å². The number of nitrogens with one attached hydrogen (secondary N) is 2. The number of thiazole rings is 1. The minimum Gasteiger partial charge on any atom is -0.381 e. The van der Waals surface area contributed by atoms with E-state index in [-0.39, 0.29) is 28.6 Å². The van der Waals surface area contributed by atoms with Crippen LogP contribution in [0.4, 0.5) is 0 Å². The van der Waals surface area contributed by atoms with Gasteiger partial charge in [0.05, 0.1) is 56.3 Å². The molecule has 0 unspecified atom stereocenters. The topological polar surface area (TPSA) is 122 Å². The number of likely N-dealkylation sites (tertiary alicyclic amines) is 2. The number of aromatic nitrogens is 1. The molecule has 11 nitrogen and oxygen atoms in total. The van der Waals surface area contributed by atoms with Crippen molar-refractivity contribution in [3.05, 3.63) is 16.6 Å². The van der Waals surface area contributed by atoms with E-state index in [0.717, 1.165) is 58.5 Å². The van der Waals surface area contributed by atoms with Gasteiger partial charge >= 0.3 is 0 Å². The third-order valence-electron chi connectivity index (χ3n) is 9.76. The standard InChI is InChI=1S/C28H41N5O6S/c1-18(38-15-27-5-3-20(4-6-27)39-16-27)23(25(35)29-2)31-24(34)21-9-33(26(36)22-7-30-17-40-22)14-28(21)12-32(13-28)8-19-10-37-11-19/h7,17-21,23H,3-6,8-16H2,1-2H3,(H,29,35)(H,31,34)/t18-,20?,21+,23+,27?/m1/s1. The number of likely N-dealkylation sites (N-methyl/N-ethyl adjacent to an activating group) is 1. The number of fused-ring (bicyclic) bond motifs is 3. The monoisotopic (exact) mass is 575 g/mol. The van der Waals surface area contributed by atoms with Crippen LogP contribution >= 0.6 is 11.3 Å². The first-order valence-electron chi connectivity index (χ1n) is 14.5. The lowest BCUT2D eigenvalue weighted by Crippen LogP contribution is -2.65. The second kappa shape index (κ2) is 11.3. The second-order valence-electron chi connectivity index (χ2n) is 12.7. The molecule has 3 atom stereocenters. The van der Waals surface area contributed by atoms with E-state index in [4.69, 9.17) is 14.2 Å². The molecule has 6 aliphatic rings. The van der Waals surface area contributed by atoms with Gasteiger partial charge in [-0.3, -0.25) is 19.4 Å². The maximum atomic E-state index is 13.9. The molecule has 6 heterocycles. The Morgan fingerprint density at radius 2 is 2.00 bits per heavy atom. The Balaban J connectivity index is 1.13. The van der Waals surface area contributed by atoms with Gasteiger partial charge in [0, 0.05) is 56.5 Å². The fourth-order valence-electron chi connectivity index (χ4n) is 7.22. The van der Waals surface area contributed by atoms with E-state index in [1.807, 2.05) is 6.92 Å². The number of rotatable bonds is 10. The first-order chi connectivity index (χ1) is 19.3. The molecule has 3 amide bonds. The SMILES string of the molecule is CNC(=O)[C@@H](NC(=O)[C@@H]1CN(C(=O)c2cncs2)CC12CN(CC1COC1)C2)[C@@H](C)OCC12CCC(CC1)OC2. The van der Waals surface area contributed by atoms with Gasteiger partial charge in [-0.15, -0.1) is 11.3 Å². The molecule has 1 aliphatic carbocycles. The molecule has 220 valence electrons. The molecule has 1 aromatic heterocycles. The van der Waals surface area contributed by atoms with Crippen LogP contribution in [0.5, 0.6) is 0 Å². The number of ether oxygens (including phenoxy) is 3. The van der Waals surface area contributed by atoms with Gasteiger partial charge in [0.1, 0.15) is 10.9 Å². The molecule has 6 fully saturated rings. The van der Waals surface area contributed by atoms with Crippen LogP contribution in [-0.4, -0.2) is 117 Å². The molecule has 2 bridgehead atoms. The number of amides is 3. The zero-order valence-electron chi connectivity index (χ0n) is 23.4. The van der Waals surface area contributed by atoms with Crippen LogP contribution in [0.15, 0.2) is 11.7 Å². The van der Waals surface area contributed by atoms with Gasteiger partial charge in [-0.05, 0) is 32.6 Å². The minimum atomic E-state index is -0.832. The van der Waals surface area contributed by atoms with E-state index in [0.29, 0.717) is 43.2 Å². The van der Waals surface area contributed by atoms with Crippen LogP contribution in [-0.2, 0) is 23.8 Å². The summed E-state index contributed by atoms with van der Waals surface area (Å²) in [7, 11) is 1.57. The molecule has 0 radical (unpaired) electrons. The van der Waals surface area contributed by atoms with Crippen LogP contribution in [0.25, 0.3) is 0 Å². The van der Waals surface area contributed by atoms with E-state index in [2.05, 4.69) is 20.5 Å². The molecular formula is C28H41N5O6S. The number of carbonyl (C=O) groups excluding carboxylic acids is 3. The molecule has 0 aromatic carbocycles. The van der Waals surface area contributed by atoms with Crippen LogP contribution in [0.1, 0.15) is 42.3 Å². The van der Waals surface area contributed by atoms with E-state index >= 15 is 0 Å². The van der Waals surface area contributed by atoms with Gasteiger partial charge in [-0.2, -0.15) is 0 Å². The second-order valence-corrected chi connectivity index (χ2v) is 13.6. The normalized spacial score (nSPS) is 30.9. The van der Waals surface area contributed by atoms with Gasteiger partial charge in [0.25, 0.3) is 5.91 Å². The summed E-state index contributed by atoms with van der Waals surface area (Å²) in [5.41, 5.74) is 1.30. The lowest BCUT2D eigenvalue weighted by Gasteiger charge is -2.52. The van der Waals surface area contributed by atoms with E-state index < -0.39 is 18.1 Å². The van der Waals surface area contributed by atoms with Crippen LogP contribution in [0, 0.1) is 22.7 Å². The van der Waals surface area contributed by atoms with Crippen molar-refractivity contribution in [1.29, 1.82) is 0 Å². The number of nitrogens with zero attached hydrogens (tertiary/aromatic N) is 3. The van der Waals surface area contributed by atoms with E-state index in [1.165, 1.54) is 11.3 Å². The third kappa shape index (κ3) is 5.40. The minimum absolute atomic E-state index is 0.00580. The first kappa shape index (κ1) is 28.0. The van der Waals surface area contributed by atoms with Crippen molar-refractivity contribution >= 4 is 29.1 Å². The van der Waals surface area contributed by atoms with Crippen molar-refractivity contribution < 1.29 is 28.6 Å². The van der Waals surface area contributed by atoms with Gasteiger partial charge in [-0.25, -0.2) is 0 Å². The molecule has 1 spiro atoms. The van der Waals surface area contributed by atoms with Crippen LogP contribution in [0.3, 0.4) is 0 Å². The summed E-state index contributed by atoms with van der Waals surface area (Å²) >= 11 is 1.31. The molecule has 40 heavy (non-hydrogen) atoms. The van der Waals surface area contributed by atoms with Crippen molar-refractivity contribution in [3.8, 4) is 0 Å². The summed E-state index contributed by atoms with van der Waals surface area (Å²) in [4.78, 5) is 48.9. The maximum Gasteiger partial charge on any atom is 0.265 e. The van der Waals surface area contributed by atoms with Gasteiger partial charge < -0.3 is 34.6 Å². The maximum absolute atomic E-state index is 13.9. The summed E-state index contributed by atoms with van der Waals surface area (Å²) in [5.74, 6) is -0.466. The lowest BCUT2D eigenvalue weighted by molar-refractivity contribution is -0.156. The highest BCUT2D eigenvalue weighted by atomic mass is 32.1. The first-order valence-corrected chi connectivity index (χ1v) is 15.4. The predicted octanol–water partition coefficient (Wildman–Crippen LogP) is 0.759. The van der Waals surface area contributed by atoms with Gasteiger partial charge in [0.2, 0.25) is 11.8 Å². The molecule has 7 rings (SSSR count). The summed E-state index contributed by atoms with van der Waals surface area (Å²) in [6, 6.07) is -0.832. The van der Waals surface area contributed by atoms with E-state index in [1.54, 1.807) is 23.7 Å². The summed E-state index contributed by atoms with van der Waals surface area (Å²) in [6.45, 7) is 7.88. The third-order valence-corrected chi connectivity index (χ3v) is 10.5. The highest BCUT2D eigenvalue weighted by molar-refractivity contribution is 7.11. The number of hydrogen-bond donors (Lipinski definition) is 2. The summed E-state index contributed by atoms with van der Waals surface area (Å²) < 4.78 is 17.6. The van der Waals surface area contributed by atoms with Crippen molar-refractivity contribution in [2.24, 2.45) is 22.7 Å². The van der Waals surface area contributed by atoms with Crippen LogP contribution < -0.4 is 10.6 Å². The highest BCUT2D eigenvalue weighted by Crippen LogP contribution is 2.46. The fourth-order valence-corrected chi connectivity index (χ4v) is 7.80. The summed E-state index contributed by atoms with van der Waals surface area (Å²) in [5, 5.41) is 5.74. The van der Waals surface area contributed by atoms with Gasteiger partial charge in [-0.1, -0.05) is 0 Å². The smallest absolute Gasteiger partial charge is 0.265 e. The average molecular weight is 576 g/mol. The number of hydrogen-bond acceptors (Lipinski definition) is 9. The van der Waals surface area contributed by atoms with Gasteiger partial charge in [0.15, 0.2) is 0 Å². The lowest BCUT2D eigenvalue weighted by atomic mass is 9.70. The number of carbonyl (C=O) groups is 3. The Morgan fingerprint density at radius 3 is 2.60 bits per heavy atom. The quantitative estimate of drug-likeness (QED) is 0.420. The average Bonchev–Trinajstić information content (AvgIpc) is 3.61.